The molecule has 2 rings (SSSR count). The van der Waals surface area contributed by atoms with Gasteiger partial charge in [0.2, 0.25) is 0 Å². The van der Waals surface area contributed by atoms with Crippen molar-refractivity contribution in [1.29, 1.82) is 0 Å². The molecule has 0 saturated heterocycles. The van der Waals surface area contributed by atoms with Gasteiger partial charge in [0.25, 0.3) is 10.0 Å². The molecule has 0 fully saturated rings. The molecule has 0 bridgehead atoms. The van der Waals surface area contributed by atoms with Crippen LogP contribution in [-0.4, -0.2) is 15.5 Å². The Balaban J connectivity index is 2.40. The molecule has 0 aliphatic rings. The van der Waals surface area contributed by atoms with Crippen molar-refractivity contribution in [2.75, 3.05) is 11.8 Å². The Morgan fingerprint density at radius 1 is 1.29 bits per heavy atom. The molecule has 0 radical (unpaired) electrons. The van der Waals surface area contributed by atoms with Gasteiger partial charge < -0.3 is 10.5 Å². The van der Waals surface area contributed by atoms with E-state index in [9.17, 15) is 8.42 Å². The molecule has 5 nitrogen and oxygen atoms in total. The molecular formula is C14H18N2O3S2. The molecule has 0 unspecified atom stereocenters. The molecule has 21 heavy (non-hydrogen) atoms. The van der Waals surface area contributed by atoms with Gasteiger partial charge in [0.15, 0.2) is 0 Å². The van der Waals surface area contributed by atoms with Crippen LogP contribution in [-0.2, 0) is 16.6 Å². The highest BCUT2D eigenvalue weighted by Crippen LogP contribution is 2.30. The Kier molecular flexibility index (Phi) is 4.55. The second-order valence-electron chi connectivity index (χ2n) is 4.66. The highest BCUT2D eigenvalue weighted by Gasteiger charge is 2.23. The van der Waals surface area contributed by atoms with Crippen LogP contribution in [0.1, 0.15) is 16.0 Å². The Morgan fingerprint density at radius 2 is 2.00 bits per heavy atom. The van der Waals surface area contributed by atoms with Crippen LogP contribution in [0.2, 0.25) is 0 Å². The normalized spacial score (nSPS) is 11.4. The average molecular weight is 326 g/mol. The number of ether oxygens (including phenoxy) is 1. The van der Waals surface area contributed by atoms with E-state index in [1.807, 2.05) is 6.92 Å². The summed E-state index contributed by atoms with van der Waals surface area (Å²) in [4.78, 5) is 0.941. The first-order chi connectivity index (χ1) is 9.89. The summed E-state index contributed by atoms with van der Waals surface area (Å²) in [6, 6.07) is 5.19. The summed E-state index contributed by atoms with van der Waals surface area (Å²) in [6.45, 7) is 3.80. The summed E-state index contributed by atoms with van der Waals surface area (Å²) in [5.41, 5.74) is 7.65. The number of benzene rings is 1. The second-order valence-corrected chi connectivity index (χ2v) is 7.24. The first-order valence-electron chi connectivity index (χ1n) is 6.33. The fourth-order valence-corrected chi connectivity index (χ4v) is 4.90. The Labute approximate surface area is 128 Å². The van der Waals surface area contributed by atoms with Gasteiger partial charge in [0.1, 0.15) is 10.6 Å². The molecule has 0 aliphatic heterocycles. The van der Waals surface area contributed by atoms with Crippen LogP contribution in [0.4, 0.5) is 5.69 Å². The lowest BCUT2D eigenvalue weighted by atomic mass is 10.2. The average Bonchev–Trinajstić information content (AvgIpc) is 2.82. The van der Waals surface area contributed by atoms with Crippen molar-refractivity contribution in [1.82, 2.24) is 0 Å². The van der Waals surface area contributed by atoms with Crippen molar-refractivity contribution in [3.63, 3.8) is 0 Å². The monoisotopic (exact) mass is 326 g/mol. The van der Waals surface area contributed by atoms with Crippen LogP contribution < -0.4 is 15.2 Å². The number of hydrogen-bond donors (Lipinski definition) is 2. The second kappa shape index (κ2) is 6.05. The maximum absolute atomic E-state index is 12.6. The topological polar surface area (TPSA) is 81.4 Å². The van der Waals surface area contributed by atoms with E-state index in [0.717, 1.165) is 5.56 Å². The molecule has 0 atom stereocenters. The van der Waals surface area contributed by atoms with Gasteiger partial charge >= 0.3 is 0 Å². The summed E-state index contributed by atoms with van der Waals surface area (Å²) >= 11 is 1.36. The summed E-state index contributed by atoms with van der Waals surface area (Å²) < 4.78 is 32.9. The van der Waals surface area contributed by atoms with E-state index >= 15 is 0 Å². The fourth-order valence-electron chi connectivity index (χ4n) is 2.06. The van der Waals surface area contributed by atoms with E-state index in [0.29, 0.717) is 21.9 Å². The van der Waals surface area contributed by atoms with Crippen LogP contribution in [0.5, 0.6) is 5.75 Å². The van der Waals surface area contributed by atoms with Gasteiger partial charge in [-0.05, 0) is 48.6 Å². The smallest absolute Gasteiger partial charge is 0.263 e. The quantitative estimate of drug-likeness (QED) is 0.885. The summed E-state index contributed by atoms with van der Waals surface area (Å²) in [5, 5.41) is 1.80. The molecule has 0 saturated carbocycles. The van der Waals surface area contributed by atoms with Crippen LogP contribution in [0, 0.1) is 13.8 Å². The molecule has 1 aromatic heterocycles. The Hall–Kier alpha value is -1.57. The number of anilines is 1. The number of methoxy groups -OCH3 is 1. The molecule has 114 valence electrons. The largest absolute Gasteiger partial charge is 0.497 e. The molecule has 1 aromatic carbocycles. The molecular weight excluding hydrogens is 308 g/mol. The van der Waals surface area contributed by atoms with Crippen molar-refractivity contribution < 1.29 is 13.2 Å². The minimum atomic E-state index is -3.65. The van der Waals surface area contributed by atoms with Crippen molar-refractivity contribution in [3.05, 3.63) is 39.6 Å². The lowest BCUT2D eigenvalue weighted by molar-refractivity contribution is 0.414. The van der Waals surface area contributed by atoms with Gasteiger partial charge in [0.05, 0.1) is 12.8 Å². The summed E-state index contributed by atoms with van der Waals surface area (Å²) in [7, 11) is -2.08. The van der Waals surface area contributed by atoms with Crippen LogP contribution in [0.25, 0.3) is 0 Å². The van der Waals surface area contributed by atoms with Gasteiger partial charge in [0, 0.05) is 11.4 Å². The third kappa shape index (κ3) is 3.20. The van der Waals surface area contributed by atoms with Gasteiger partial charge in [-0.25, -0.2) is 8.42 Å². The van der Waals surface area contributed by atoms with Crippen LogP contribution >= 0.6 is 11.3 Å². The molecule has 3 N–H and O–H groups in total. The first-order valence-corrected chi connectivity index (χ1v) is 8.70. The number of thiophene rings is 1. The molecule has 0 amide bonds. The maximum atomic E-state index is 12.6. The van der Waals surface area contributed by atoms with Crippen molar-refractivity contribution in [3.8, 4) is 5.75 Å². The van der Waals surface area contributed by atoms with Gasteiger partial charge in [-0.15, -0.1) is 11.3 Å². The van der Waals surface area contributed by atoms with Crippen molar-refractivity contribution >= 4 is 27.0 Å². The zero-order valence-corrected chi connectivity index (χ0v) is 13.8. The number of sulfonamides is 1. The predicted molar refractivity (Wildman–Crippen MR) is 85.5 cm³/mol. The van der Waals surface area contributed by atoms with Gasteiger partial charge in [-0.3, -0.25) is 4.72 Å². The van der Waals surface area contributed by atoms with E-state index in [1.54, 1.807) is 37.6 Å². The first kappa shape index (κ1) is 15.8. The fraction of sp³-hybridized carbons (Fsp3) is 0.286. The standard InChI is InChI=1S/C14H18N2O3S2/c1-9-6-11(19-3)4-5-12(9)16-21(17,18)14-10(2)8-20-13(14)7-15/h4-6,8,16H,7,15H2,1-3H3. The predicted octanol–water partition coefficient (Wildman–Crippen LogP) is 2.63. The minimum absolute atomic E-state index is 0.205. The number of aryl methyl sites for hydroxylation is 2. The van der Waals surface area contributed by atoms with Crippen LogP contribution in [0.15, 0.2) is 28.5 Å². The maximum Gasteiger partial charge on any atom is 0.263 e. The lowest BCUT2D eigenvalue weighted by Gasteiger charge is -2.12. The Bertz CT molecular complexity index is 752. The van der Waals surface area contributed by atoms with Crippen molar-refractivity contribution in [2.24, 2.45) is 5.73 Å². The molecule has 0 aliphatic carbocycles. The SMILES string of the molecule is COc1ccc(NS(=O)(=O)c2c(C)csc2CN)c(C)c1. The van der Waals surface area contributed by atoms with Gasteiger partial charge in [-0.2, -0.15) is 0 Å². The molecule has 1 heterocycles. The van der Waals surface area contributed by atoms with E-state index in [2.05, 4.69) is 4.72 Å². The summed E-state index contributed by atoms with van der Waals surface area (Å²) in [5.74, 6) is 0.685. The van der Waals surface area contributed by atoms with Gasteiger partial charge in [-0.1, -0.05) is 0 Å². The Morgan fingerprint density at radius 3 is 2.57 bits per heavy atom. The molecule has 7 heteroatoms. The zero-order chi connectivity index (χ0) is 15.6. The van der Waals surface area contributed by atoms with E-state index in [1.165, 1.54) is 11.3 Å². The lowest BCUT2D eigenvalue weighted by Crippen LogP contribution is -2.16. The van der Waals surface area contributed by atoms with Crippen molar-refractivity contribution in [2.45, 2.75) is 25.3 Å². The number of nitrogens with two attached hydrogens (primary N) is 1. The third-order valence-electron chi connectivity index (χ3n) is 3.12. The van der Waals surface area contributed by atoms with Crippen LogP contribution in [0.3, 0.4) is 0 Å². The highest BCUT2D eigenvalue weighted by molar-refractivity contribution is 7.93. The molecule has 0 spiro atoms. The third-order valence-corrected chi connectivity index (χ3v) is 5.97. The van der Waals surface area contributed by atoms with E-state index in [-0.39, 0.29) is 11.4 Å². The number of hydrogen-bond acceptors (Lipinski definition) is 5. The minimum Gasteiger partial charge on any atom is -0.497 e. The molecule has 2 aromatic rings. The zero-order valence-electron chi connectivity index (χ0n) is 12.1. The summed E-state index contributed by atoms with van der Waals surface area (Å²) in [6.07, 6.45) is 0. The number of nitrogens with one attached hydrogen (secondary N) is 1. The van der Waals surface area contributed by atoms with E-state index < -0.39 is 10.0 Å². The number of rotatable bonds is 5. The highest BCUT2D eigenvalue weighted by atomic mass is 32.2. The van der Waals surface area contributed by atoms with E-state index in [4.69, 9.17) is 10.5 Å².